The highest BCUT2D eigenvalue weighted by molar-refractivity contribution is 6.10. The molecule has 0 saturated heterocycles. The van der Waals surface area contributed by atoms with Crippen LogP contribution in [0.15, 0.2) is 72.9 Å². The van der Waals surface area contributed by atoms with Crippen LogP contribution in [0.2, 0.25) is 0 Å². The number of fused-ring (bicyclic) bond motifs is 1. The maximum atomic E-state index is 13.9. The number of carboxylic acid groups (broad SMARTS) is 1. The number of methoxy groups -OCH3 is 1. The van der Waals surface area contributed by atoms with E-state index >= 15 is 0 Å². The second kappa shape index (κ2) is 13.5. The fourth-order valence-electron chi connectivity index (χ4n) is 8.97. The number of benzene rings is 3. The van der Waals surface area contributed by atoms with E-state index in [1.54, 1.807) is 48.7 Å². The zero-order valence-corrected chi connectivity index (χ0v) is 27.8. The Balaban J connectivity index is 1.11. The summed E-state index contributed by atoms with van der Waals surface area (Å²) in [6.07, 6.45) is 9.14. The third-order valence-electron chi connectivity index (χ3n) is 10.8. The third-order valence-corrected chi connectivity index (χ3v) is 10.8. The predicted octanol–water partition coefficient (Wildman–Crippen LogP) is 5.75. The van der Waals surface area contributed by atoms with Crippen molar-refractivity contribution in [2.45, 2.75) is 44.4 Å². The lowest BCUT2D eigenvalue weighted by atomic mass is 9.49. The van der Waals surface area contributed by atoms with Crippen LogP contribution in [0.3, 0.4) is 0 Å². The van der Waals surface area contributed by atoms with Crippen LogP contribution in [0.25, 0.3) is 10.9 Å². The number of amides is 3. The number of hydrogen-bond acceptors (Lipinski definition) is 6. The molecule has 3 amide bonds. The third kappa shape index (κ3) is 6.72. The number of carbonyl (C=O) groups is 5. The van der Waals surface area contributed by atoms with E-state index in [0.29, 0.717) is 12.1 Å². The normalized spacial score (nSPS) is 22.5. The van der Waals surface area contributed by atoms with Gasteiger partial charge in [0, 0.05) is 35.9 Å². The number of aromatic carboxylic acids is 1. The molecule has 11 nitrogen and oxygen atoms in total. The van der Waals surface area contributed by atoms with Crippen molar-refractivity contribution in [1.29, 1.82) is 0 Å². The Kier molecular flexibility index (Phi) is 8.90. The zero-order valence-electron chi connectivity index (χ0n) is 27.8. The highest BCUT2D eigenvalue weighted by atomic mass is 16.5. The molecule has 0 spiro atoms. The van der Waals surface area contributed by atoms with Crippen LogP contribution >= 0.6 is 0 Å². The van der Waals surface area contributed by atoms with Crippen molar-refractivity contribution in [3.8, 4) is 0 Å². The van der Waals surface area contributed by atoms with Gasteiger partial charge < -0.3 is 30.8 Å². The lowest BCUT2D eigenvalue weighted by Crippen LogP contribution is -2.51. The largest absolute Gasteiger partial charge is 0.478 e. The first kappa shape index (κ1) is 33.1. The van der Waals surface area contributed by atoms with E-state index in [-0.39, 0.29) is 45.8 Å². The SMILES string of the molecule is COC(=O)c1cc(NC(=O)C(CNC(=O)c2cc3cc[nH]c3cc2C(=O)NCC23CC4CC(CC(C4)C2)C3)c2ccccc2)cc(C(=O)O)c1. The van der Waals surface area contributed by atoms with Crippen molar-refractivity contribution < 1.29 is 33.8 Å². The van der Waals surface area contributed by atoms with E-state index in [1.807, 2.05) is 6.07 Å². The minimum absolute atomic E-state index is 0.0404. The lowest BCUT2D eigenvalue weighted by molar-refractivity contribution is -0.117. The molecular weight excluding hydrogens is 636 g/mol. The van der Waals surface area contributed by atoms with E-state index in [1.165, 1.54) is 38.5 Å². The van der Waals surface area contributed by atoms with Crippen LogP contribution < -0.4 is 16.0 Å². The first-order chi connectivity index (χ1) is 24.1. The molecule has 1 atom stereocenters. The van der Waals surface area contributed by atoms with Gasteiger partial charge in [0.15, 0.2) is 0 Å². The molecule has 4 bridgehead atoms. The molecule has 50 heavy (non-hydrogen) atoms. The zero-order chi connectivity index (χ0) is 35.0. The number of H-pyrrole nitrogens is 1. The lowest BCUT2D eigenvalue weighted by Gasteiger charge is -2.56. The molecule has 11 heteroatoms. The van der Waals surface area contributed by atoms with Crippen LogP contribution in [-0.4, -0.2) is 59.9 Å². The molecule has 4 aliphatic carbocycles. The molecule has 0 aliphatic heterocycles. The van der Waals surface area contributed by atoms with Crippen molar-refractivity contribution in [2.24, 2.45) is 23.2 Å². The number of carboxylic acids is 1. The topological polar surface area (TPSA) is 167 Å². The van der Waals surface area contributed by atoms with Gasteiger partial charge in [-0.1, -0.05) is 30.3 Å². The Morgan fingerprint density at radius 3 is 2.14 bits per heavy atom. The van der Waals surface area contributed by atoms with Crippen LogP contribution in [-0.2, 0) is 9.53 Å². The summed E-state index contributed by atoms with van der Waals surface area (Å²) < 4.78 is 4.75. The fraction of sp³-hybridized carbons (Fsp3) is 0.359. The molecule has 3 aromatic carbocycles. The monoisotopic (exact) mass is 676 g/mol. The van der Waals surface area contributed by atoms with E-state index < -0.39 is 29.7 Å². The van der Waals surface area contributed by atoms with E-state index in [9.17, 15) is 29.1 Å². The van der Waals surface area contributed by atoms with Gasteiger partial charge in [0.05, 0.1) is 35.3 Å². The van der Waals surface area contributed by atoms with Crippen LogP contribution in [0.5, 0.6) is 0 Å². The first-order valence-corrected chi connectivity index (χ1v) is 17.1. The number of aromatic amines is 1. The maximum absolute atomic E-state index is 13.9. The van der Waals surface area contributed by atoms with Crippen molar-refractivity contribution in [3.05, 3.63) is 101 Å². The molecule has 1 aromatic heterocycles. The van der Waals surface area contributed by atoms with Crippen molar-refractivity contribution in [3.63, 3.8) is 0 Å². The first-order valence-electron chi connectivity index (χ1n) is 17.1. The number of rotatable bonds is 11. The molecule has 4 saturated carbocycles. The fourth-order valence-corrected chi connectivity index (χ4v) is 8.97. The second-order valence-electron chi connectivity index (χ2n) is 14.3. The number of ether oxygens (including phenoxy) is 1. The number of aromatic nitrogens is 1. The van der Waals surface area contributed by atoms with Gasteiger partial charge in [-0.2, -0.15) is 0 Å². The summed E-state index contributed by atoms with van der Waals surface area (Å²) >= 11 is 0. The minimum atomic E-state index is -1.28. The summed E-state index contributed by atoms with van der Waals surface area (Å²) in [5.74, 6) is -2.05. The summed E-state index contributed by atoms with van der Waals surface area (Å²) in [6, 6.07) is 17.8. The van der Waals surface area contributed by atoms with Crippen molar-refractivity contribution >= 4 is 46.3 Å². The summed E-state index contributed by atoms with van der Waals surface area (Å²) in [4.78, 5) is 68.6. The van der Waals surface area contributed by atoms with Gasteiger partial charge in [-0.05, 0) is 104 Å². The van der Waals surface area contributed by atoms with Gasteiger partial charge in [0.1, 0.15) is 0 Å². The number of anilines is 1. The maximum Gasteiger partial charge on any atom is 0.337 e. The van der Waals surface area contributed by atoms with Gasteiger partial charge in [-0.3, -0.25) is 14.4 Å². The van der Waals surface area contributed by atoms with E-state index in [2.05, 4.69) is 20.9 Å². The van der Waals surface area contributed by atoms with E-state index in [4.69, 9.17) is 4.74 Å². The van der Waals surface area contributed by atoms with Gasteiger partial charge in [-0.25, -0.2) is 9.59 Å². The minimum Gasteiger partial charge on any atom is -0.478 e. The number of hydrogen-bond donors (Lipinski definition) is 5. The Hall–Kier alpha value is -5.45. The molecule has 5 N–H and O–H groups in total. The predicted molar refractivity (Wildman–Crippen MR) is 186 cm³/mol. The van der Waals surface area contributed by atoms with E-state index in [0.717, 1.165) is 54.0 Å². The van der Waals surface area contributed by atoms with Gasteiger partial charge in [0.2, 0.25) is 5.91 Å². The molecule has 4 aromatic rings. The average molecular weight is 677 g/mol. The smallest absolute Gasteiger partial charge is 0.337 e. The summed E-state index contributed by atoms with van der Waals surface area (Å²) in [7, 11) is 1.17. The molecule has 258 valence electrons. The molecule has 0 radical (unpaired) electrons. The van der Waals surface area contributed by atoms with Crippen molar-refractivity contribution in [2.75, 3.05) is 25.5 Å². The Morgan fingerprint density at radius 1 is 0.840 bits per heavy atom. The summed E-state index contributed by atoms with van der Waals surface area (Å²) in [5, 5.41) is 19.1. The second-order valence-corrected chi connectivity index (χ2v) is 14.3. The van der Waals surface area contributed by atoms with Gasteiger partial charge in [0.25, 0.3) is 11.8 Å². The summed E-state index contributed by atoms with van der Waals surface area (Å²) in [6.45, 7) is 0.465. The quantitative estimate of drug-likeness (QED) is 0.126. The molecule has 1 heterocycles. The highest BCUT2D eigenvalue weighted by Crippen LogP contribution is 2.59. The number of esters is 1. The standard InChI is InChI=1S/C39H40N4O7/c1-50-38(49)28-12-27(37(47)48)13-29(14-28)43-36(46)32(25-5-3-2-4-6-25)20-41-34(44)30-15-26-7-8-40-33(26)16-31(30)35(45)42-21-39-17-22-9-23(18-39)11-24(10-22)19-39/h2-8,12-16,22-24,32,40H,9-11,17-21H2,1H3,(H,41,44)(H,42,45)(H,43,46)(H,47,48). The Bertz CT molecular complexity index is 1950. The van der Waals surface area contributed by atoms with Crippen LogP contribution in [0.1, 0.15) is 91.4 Å². The highest BCUT2D eigenvalue weighted by Gasteiger charge is 2.50. The van der Waals surface area contributed by atoms with Gasteiger partial charge >= 0.3 is 11.9 Å². The van der Waals surface area contributed by atoms with Crippen molar-refractivity contribution in [1.82, 2.24) is 15.6 Å². The number of nitrogens with one attached hydrogen (secondary N) is 4. The Labute approximate surface area is 289 Å². The molecule has 4 fully saturated rings. The van der Waals surface area contributed by atoms with Crippen LogP contribution in [0, 0.1) is 23.2 Å². The van der Waals surface area contributed by atoms with Gasteiger partial charge in [-0.15, -0.1) is 0 Å². The average Bonchev–Trinajstić information content (AvgIpc) is 3.57. The molecule has 8 rings (SSSR count). The number of carbonyl (C=O) groups excluding carboxylic acids is 4. The molecular formula is C39H40N4O7. The Morgan fingerprint density at radius 2 is 1.48 bits per heavy atom. The summed E-state index contributed by atoms with van der Waals surface area (Å²) in [5.41, 5.74) is 1.75. The molecule has 1 unspecified atom stereocenters. The van der Waals surface area contributed by atoms with Crippen LogP contribution in [0.4, 0.5) is 5.69 Å². The molecule has 4 aliphatic rings.